The summed E-state index contributed by atoms with van der Waals surface area (Å²) in [7, 11) is 0. The van der Waals surface area contributed by atoms with Gasteiger partial charge in [0, 0.05) is 22.6 Å². The van der Waals surface area contributed by atoms with Crippen molar-refractivity contribution in [2.24, 2.45) is 0 Å². The van der Waals surface area contributed by atoms with E-state index in [0.717, 1.165) is 11.1 Å². The first-order valence-corrected chi connectivity index (χ1v) is 13.0. The van der Waals surface area contributed by atoms with E-state index in [0.29, 0.717) is 0 Å². The van der Waals surface area contributed by atoms with Gasteiger partial charge in [-0.05, 0) is 90.5 Å². The predicted molar refractivity (Wildman–Crippen MR) is 157 cm³/mol. The van der Waals surface area contributed by atoms with Gasteiger partial charge < -0.3 is 0 Å². The minimum Gasteiger partial charge on any atom is -0.256 e. The van der Waals surface area contributed by atoms with Crippen molar-refractivity contribution in [2.75, 3.05) is 0 Å². The molecule has 0 saturated carbocycles. The van der Waals surface area contributed by atoms with Gasteiger partial charge in [0.15, 0.2) is 0 Å². The van der Waals surface area contributed by atoms with Crippen LogP contribution in [0, 0.1) is 0 Å². The molecule has 174 valence electrons. The molecule has 0 spiro atoms. The third-order valence-electron chi connectivity index (χ3n) is 8.46. The second kappa shape index (κ2) is 7.27. The molecule has 0 N–H and O–H groups in total. The fourth-order valence-corrected chi connectivity index (χ4v) is 6.56. The van der Waals surface area contributed by atoms with Crippen molar-refractivity contribution in [3.8, 4) is 22.3 Å². The van der Waals surface area contributed by atoms with Crippen LogP contribution in [0.5, 0.6) is 0 Å². The van der Waals surface area contributed by atoms with Crippen molar-refractivity contribution in [1.29, 1.82) is 0 Å². The molecule has 0 bridgehead atoms. The van der Waals surface area contributed by atoms with Gasteiger partial charge in [0.1, 0.15) is 0 Å². The summed E-state index contributed by atoms with van der Waals surface area (Å²) in [5, 5.41) is 9.03. The highest BCUT2D eigenvalue weighted by atomic mass is 14.6. The summed E-state index contributed by atoms with van der Waals surface area (Å²) in [6, 6.07) is 40.2. The van der Waals surface area contributed by atoms with Gasteiger partial charge in [-0.1, -0.05) is 92.7 Å². The number of rotatable bonds is 1. The Kier molecular flexibility index (Phi) is 4.06. The molecule has 0 fully saturated rings. The molecular formula is C36H25N. The lowest BCUT2D eigenvalue weighted by molar-refractivity contribution is 0.661. The van der Waals surface area contributed by atoms with E-state index < -0.39 is 0 Å². The van der Waals surface area contributed by atoms with E-state index in [1.165, 1.54) is 65.5 Å². The van der Waals surface area contributed by atoms with Crippen molar-refractivity contribution in [1.82, 2.24) is 4.98 Å². The minimum absolute atomic E-state index is 0.0191. The summed E-state index contributed by atoms with van der Waals surface area (Å²) < 4.78 is 0. The average molecular weight is 472 g/mol. The number of pyridine rings is 1. The van der Waals surface area contributed by atoms with Crippen molar-refractivity contribution >= 4 is 43.2 Å². The molecule has 37 heavy (non-hydrogen) atoms. The van der Waals surface area contributed by atoms with E-state index in [4.69, 9.17) is 4.98 Å². The Labute approximate surface area is 216 Å². The molecule has 6 aromatic carbocycles. The Morgan fingerprint density at radius 3 is 2.03 bits per heavy atom. The first-order chi connectivity index (χ1) is 18.1. The molecule has 1 heteroatoms. The minimum atomic E-state index is -0.0191. The Hall–Kier alpha value is -4.49. The van der Waals surface area contributed by atoms with Crippen LogP contribution < -0.4 is 0 Å². The normalized spacial score (nSPS) is 13.9. The lowest BCUT2D eigenvalue weighted by Gasteiger charge is -2.22. The number of para-hydroxylation sites is 1. The van der Waals surface area contributed by atoms with Gasteiger partial charge >= 0.3 is 0 Å². The number of aromatic nitrogens is 1. The van der Waals surface area contributed by atoms with Crippen LogP contribution in [-0.4, -0.2) is 4.98 Å². The zero-order valence-electron chi connectivity index (χ0n) is 20.9. The van der Waals surface area contributed by atoms with Crippen LogP contribution in [0.4, 0.5) is 0 Å². The fraction of sp³-hybridized carbons (Fsp3) is 0.0833. The third-order valence-corrected chi connectivity index (χ3v) is 8.46. The standard InChI is InChI=1S/C36H25N/c1-36(2)33-13-7-6-12-28(33)32-19-30-26-11-5-4-10-25(26)29-18-22(15-16-27(29)31(30)20-34(32)36)24-17-23-9-3-8-14-35(23)37-21-24/h3-21H,1-2H3. The number of fused-ring (bicyclic) bond motifs is 10. The Morgan fingerprint density at radius 1 is 0.486 bits per heavy atom. The summed E-state index contributed by atoms with van der Waals surface area (Å²) in [6.45, 7) is 4.72. The summed E-state index contributed by atoms with van der Waals surface area (Å²) in [4.78, 5) is 4.72. The maximum Gasteiger partial charge on any atom is 0.0702 e. The molecule has 1 aliphatic rings. The van der Waals surface area contributed by atoms with Crippen LogP contribution in [-0.2, 0) is 5.41 Å². The molecular weight excluding hydrogens is 446 g/mol. The van der Waals surface area contributed by atoms with Crippen LogP contribution in [0.1, 0.15) is 25.0 Å². The quantitative estimate of drug-likeness (QED) is 0.217. The van der Waals surface area contributed by atoms with Crippen molar-refractivity contribution in [3.05, 3.63) is 127 Å². The van der Waals surface area contributed by atoms with Gasteiger partial charge in [0.2, 0.25) is 0 Å². The molecule has 0 unspecified atom stereocenters. The zero-order valence-corrected chi connectivity index (χ0v) is 20.9. The van der Waals surface area contributed by atoms with Crippen LogP contribution in [0.25, 0.3) is 65.5 Å². The largest absolute Gasteiger partial charge is 0.256 e. The molecule has 0 amide bonds. The summed E-state index contributed by atoms with van der Waals surface area (Å²) in [5.41, 5.74) is 8.93. The number of hydrogen-bond acceptors (Lipinski definition) is 1. The smallest absolute Gasteiger partial charge is 0.0702 e. The SMILES string of the molecule is CC1(C)c2ccccc2-c2cc3c4ccccc4c4cc(-c5cnc6ccccc6c5)ccc4c3cc21. The number of hydrogen-bond donors (Lipinski definition) is 0. The van der Waals surface area contributed by atoms with E-state index in [1.54, 1.807) is 0 Å². The van der Waals surface area contributed by atoms with Gasteiger partial charge in [0.25, 0.3) is 0 Å². The molecule has 8 rings (SSSR count). The molecule has 1 aromatic heterocycles. The van der Waals surface area contributed by atoms with E-state index in [9.17, 15) is 0 Å². The van der Waals surface area contributed by atoms with E-state index in [-0.39, 0.29) is 5.41 Å². The zero-order chi connectivity index (χ0) is 24.7. The Bertz CT molecular complexity index is 2060. The monoisotopic (exact) mass is 471 g/mol. The summed E-state index contributed by atoms with van der Waals surface area (Å²) >= 11 is 0. The van der Waals surface area contributed by atoms with Gasteiger partial charge in [-0.15, -0.1) is 0 Å². The molecule has 0 atom stereocenters. The van der Waals surface area contributed by atoms with Gasteiger partial charge in [-0.2, -0.15) is 0 Å². The van der Waals surface area contributed by atoms with Gasteiger partial charge in [-0.3, -0.25) is 4.98 Å². The molecule has 0 radical (unpaired) electrons. The second-order valence-electron chi connectivity index (χ2n) is 10.8. The second-order valence-corrected chi connectivity index (χ2v) is 10.8. The highest BCUT2D eigenvalue weighted by molar-refractivity contribution is 6.26. The third kappa shape index (κ3) is 2.83. The van der Waals surface area contributed by atoms with Crippen LogP contribution >= 0.6 is 0 Å². The molecule has 1 aliphatic carbocycles. The van der Waals surface area contributed by atoms with E-state index >= 15 is 0 Å². The van der Waals surface area contributed by atoms with Crippen LogP contribution in [0.2, 0.25) is 0 Å². The van der Waals surface area contributed by atoms with Crippen molar-refractivity contribution < 1.29 is 0 Å². The fourth-order valence-electron chi connectivity index (χ4n) is 6.56. The Balaban J connectivity index is 1.45. The van der Waals surface area contributed by atoms with E-state index in [1.807, 2.05) is 12.3 Å². The summed E-state index contributed by atoms with van der Waals surface area (Å²) in [6.07, 6.45) is 2.00. The molecule has 7 aromatic rings. The lowest BCUT2D eigenvalue weighted by Crippen LogP contribution is -2.14. The number of benzene rings is 6. The maximum absolute atomic E-state index is 4.72. The predicted octanol–water partition coefficient (Wildman–Crippen LogP) is 9.67. The topological polar surface area (TPSA) is 12.9 Å². The highest BCUT2D eigenvalue weighted by Crippen LogP contribution is 2.51. The molecule has 0 saturated heterocycles. The van der Waals surface area contributed by atoms with Crippen LogP contribution in [0.15, 0.2) is 115 Å². The lowest BCUT2D eigenvalue weighted by atomic mass is 9.81. The average Bonchev–Trinajstić information content (AvgIpc) is 3.18. The molecule has 1 heterocycles. The first kappa shape index (κ1) is 20.7. The first-order valence-electron chi connectivity index (χ1n) is 13.0. The highest BCUT2D eigenvalue weighted by Gasteiger charge is 2.35. The maximum atomic E-state index is 4.72. The Morgan fingerprint density at radius 2 is 1.16 bits per heavy atom. The van der Waals surface area contributed by atoms with Crippen LogP contribution in [0.3, 0.4) is 0 Å². The van der Waals surface area contributed by atoms with Crippen molar-refractivity contribution in [2.45, 2.75) is 19.3 Å². The number of nitrogens with zero attached hydrogens (tertiary/aromatic N) is 1. The molecule has 0 aliphatic heterocycles. The summed E-state index contributed by atoms with van der Waals surface area (Å²) in [5.74, 6) is 0. The van der Waals surface area contributed by atoms with E-state index in [2.05, 4.69) is 117 Å². The van der Waals surface area contributed by atoms with Crippen molar-refractivity contribution in [3.63, 3.8) is 0 Å². The van der Waals surface area contributed by atoms with Gasteiger partial charge in [0.05, 0.1) is 5.52 Å². The van der Waals surface area contributed by atoms with Gasteiger partial charge in [-0.25, -0.2) is 0 Å². The molecule has 1 nitrogen and oxygen atoms in total.